The van der Waals surface area contributed by atoms with E-state index in [9.17, 15) is 4.79 Å². The third-order valence-corrected chi connectivity index (χ3v) is 2.99. The molecule has 2 aromatic heterocycles. The maximum atomic E-state index is 10.8. The first-order chi connectivity index (χ1) is 7.31. The molecular weight excluding hydrogens is 208 g/mol. The Bertz CT molecular complexity index is 479. The molecule has 2 heterocycles. The highest BCUT2D eigenvalue weighted by atomic mass is 32.1. The zero-order valence-corrected chi connectivity index (χ0v) is 9.04. The number of anilines is 2. The van der Waals surface area contributed by atoms with E-state index >= 15 is 0 Å². The third kappa shape index (κ3) is 2.05. The predicted octanol–water partition coefficient (Wildman–Crippen LogP) is 3.01. The van der Waals surface area contributed by atoms with Crippen molar-refractivity contribution in [3.8, 4) is 0 Å². The molecule has 0 saturated heterocycles. The Morgan fingerprint density at radius 2 is 2.33 bits per heavy atom. The second-order valence-electron chi connectivity index (χ2n) is 3.12. The Kier molecular flexibility index (Phi) is 2.78. The molecule has 1 N–H and O–H groups in total. The summed E-state index contributed by atoms with van der Waals surface area (Å²) in [6.45, 7) is 2.02. The first-order valence-corrected chi connectivity index (χ1v) is 5.40. The molecule has 2 rings (SSSR count). The second-order valence-corrected chi connectivity index (χ2v) is 4.03. The van der Waals surface area contributed by atoms with Crippen LogP contribution < -0.4 is 5.32 Å². The molecule has 3 nitrogen and oxygen atoms in total. The number of rotatable bonds is 3. The summed E-state index contributed by atoms with van der Waals surface area (Å²) in [5, 5.41) is 6.17. The normalized spacial score (nSPS) is 9.93. The molecule has 0 spiro atoms. The molecule has 0 unspecified atom stereocenters. The van der Waals surface area contributed by atoms with Crippen LogP contribution in [-0.2, 0) is 0 Å². The maximum Gasteiger partial charge on any atom is 0.153 e. The summed E-state index contributed by atoms with van der Waals surface area (Å²) in [6, 6.07) is 5.51. The summed E-state index contributed by atoms with van der Waals surface area (Å²) >= 11 is 1.60. The van der Waals surface area contributed by atoms with Crippen molar-refractivity contribution in [2.24, 2.45) is 0 Å². The van der Waals surface area contributed by atoms with Gasteiger partial charge in [-0.05, 0) is 36.1 Å². The van der Waals surface area contributed by atoms with E-state index in [1.54, 1.807) is 29.7 Å². The van der Waals surface area contributed by atoms with Crippen LogP contribution in [0.1, 0.15) is 15.9 Å². The number of aromatic nitrogens is 1. The summed E-state index contributed by atoms with van der Waals surface area (Å²) in [5.41, 5.74) is 1.73. The number of hydrogen-bond donors (Lipinski definition) is 1. The first-order valence-electron chi connectivity index (χ1n) is 4.52. The van der Waals surface area contributed by atoms with Gasteiger partial charge in [0, 0.05) is 6.20 Å². The van der Waals surface area contributed by atoms with Gasteiger partial charge in [-0.2, -0.15) is 0 Å². The van der Waals surface area contributed by atoms with E-state index in [-0.39, 0.29) is 0 Å². The molecular formula is C11H10N2OS. The lowest BCUT2D eigenvalue weighted by molar-refractivity contribution is 0.112. The van der Waals surface area contributed by atoms with Gasteiger partial charge >= 0.3 is 0 Å². The van der Waals surface area contributed by atoms with Crippen LogP contribution in [0.3, 0.4) is 0 Å². The lowest BCUT2D eigenvalue weighted by Crippen LogP contribution is -1.97. The van der Waals surface area contributed by atoms with Crippen LogP contribution in [0.5, 0.6) is 0 Å². The molecule has 0 atom stereocenters. The Hall–Kier alpha value is -1.68. The predicted molar refractivity (Wildman–Crippen MR) is 62.0 cm³/mol. The zero-order chi connectivity index (χ0) is 10.7. The smallest absolute Gasteiger partial charge is 0.153 e. The van der Waals surface area contributed by atoms with Crippen molar-refractivity contribution >= 4 is 28.4 Å². The number of pyridine rings is 1. The van der Waals surface area contributed by atoms with E-state index in [0.717, 1.165) is 16.9 Å². The minimum atomic E-state index is 0.574. The van der Waals surface area contributed by atoms with Crippen molar-refractivity contribution in [2.45, 2.75) is 6.92 Å². The van der Waals surface area contributed by atoms with Crippen molar-refractivity contribution in [3.05, 3.63) is 40.9 Å². The van der Waals surface area contributed by atoms with Gasteiger partial charge in [-0.3, -0.25) is 4.79 Å². The SMILES string of the molecule is Cc1ccsc1Nc1ncccc1C=O. The van der Waals surface area contributed by atoms with Gasteiger partial charge in [-0.15, -0.1) is 11.3 Å². The highest BCUT2D eigenvalue weighted by Gasteiger charge is 2.04. The molecule has 2 aromatic rings. The minimum absolute atomic E-state index is 0.574. The van der Waals surface area contributed by atoms with Crippen LogP contribution in [0, 0.1) is 6.92 Å². The van der Waals surface area contributed by atoms with E-state index in [1.807, 2.05) is 18.4 Å². The molecule has 0 aromatic carbocycles. The zero-order valence-electron chi connectivity index (χ0n) is 8.23. The number of nitrogens with zero attached hydrogens (tertiary/aromatic N) is 1. The fourth-order valence-electron chi connectivity index (χ4n) is 1.23. The van der Waals surface area contributed by atoms with Crippen molar-refractivity contribution in [3.63, 3.8) is 0 Å². The molecule has 0 fully saturated rings. The van der Waals surface area contributed by atoms with Crippen LogP contribution in [0.2, 0.25) is 0 Å². The van der Waals surface area contributed by atoms with Gasteiger partial charge in [0.15, 0.2) is 6.29 Å². The molecule has 0 amide bonds. The highest BCUT2D eigenvalue weighted by molar-refractivity contribution is 7.14. The molecule has 0 radical (unpaired) electrons. The molecule has 0 saturated carbocycles. The number of thiophene rings is 1. The molecule has 76 valence electrons. The molecule has 0 aliphatic heterocycles. The van der Waals surface area contributed by atoms with Crippen molar-refractivity contribution in [2.75, 3.05) is 5.32 Å². The Morgan fingerprint density at radius 1 is 1.47 bits per heavy atom. The fraction of sp³-hybridized carbons (Fsp3) is 0.0909. The van der Waals surface area contributed by atoms with Crippen LogP contribution in [0.25, 0.3) is 0 Å². The van der Waals surface area contributed by atoms with Crippen LogP contribution >= 0.6 is 11.3 Å². The molecule has 15 heavy (non-hydrogen) atoms. The second kappa shape index (κ2) is 4.23. The number of nitrogens with one attached hydrogen (secondary N) is 1. The van der Waals surface area contributed by atoms with Crippen molar-refractivity contribution in [1.82, 2.24) is 4.98 Å². The van der Waals surface area contributed by atoms with Gasteiger partial charge in [0.25, 0.3) is 0 Å². The van der Waals surface area contributed by atoms with E-state index in [1.165, 1.54) is 0 Å². The Morgan fingerprint density at radius 3 is 3.00 bits per heavy atom. The number of carbonyl (C=O) groups is 1. The van der Waals surface area contributed by atoms with Crippen LogP contribution in [0.4, 0.5) is 10.8 Å². The quantitative estimate of drug-likeness (QED) is 0.805. The summed E-state index contributed by atoms with van der Waals surface area (Å²) in [6.07, 6.45) is 2.47. The molecule has 4 heteroatoms. The molecule has 0 bridgehead atoms. The lowest BCUT2D eigenvalue weighted by Gasteiger charge is -2.05. The van der Waals surface area contributed by atoms with Crippen molar-refractivity contribution in [1.29, 1.82) is 0 Å². The van der Waals surface area contributed by atoms with E-state index in [2.05, 4.69) is 10.3 Å². The first kappa shape index (κ1) is 9.86. The average molecular weight is 218 g/mol. The van der Waals surface area contributed by atoms with Gasteiger partial charge in [0.05, 0.1) is 10.6 Å². The largest absolute Gasteiger partial charge is 0.331 e. The monoisotopic (exact) mass is 218 g/mol. The van der Waals surface area contributed by atoms with Gasteiger partial charge in [-0.1, -0.05) is 0 Å². The number of hydrogen-bond acceptors (Lipinski definition) is 4. The molecule has 0 aliphatic carbocycles. The van der Waals surface area contributed by atoms with Crippen LogP contribution in [-0.4, -0.2) is 11.3 Å². The average Bonchev–Trinajstić information content (AvgIpc) is 2.65. The van der Waals surface area contributed by atoms with E-state index in [0.29, 0.717) is 11.4 Å². The highest BCUT2D eigenvalue weighted by Crippen LogP contribution is 2.26. The van der Waals surface area contributed by atoms with Gasteiger partial charge in [0.1, 0.15) is 5.82 Å². The van der Waals surface area contributed by atoms with E-state index < -0.39 is 0 Å². The minimum Gasteiger partial charge on any atom is -0.331 e. The van der Waals surface area contributed by atoms with Gasteiger partial charge < -0.3 is 5.32 Å². The van der Waals surface area contributed by atoms with Crippen LogP contribution in [0.15, 0.2) is 29.8 Å². The van der Waals surface area contributed by atoms with Gasteiger partial charge in [-0.25, -0.2) is 4.98 Å². The summed E-state index contributed by atoms with van der Waals surface area (Å²) in [7, 11) is 0. The summed E-state index contributed by atoms with van der Waals surface area (Å²) < 4.78 is 0. The maximum absolute atomic E-state index is 10.8. The topological polar surface area (TPSA) is 42.0 Å². The van der Waals surface area contributed by atoms with Gasteiger partial charge in [0.2, 0.25) is 0 Å². The number of aldehydes is 1. The Labute approximate surface area is 91.8 Å². The summed E-state index contributed by atoms with van der Waals surface area (Å²) in [4.78, 5) is 14.9. The number of aryl methyl sites for hydroxylation is 1. The van der Waals surface area contributed by atoms with Crippen molar-refractivity contribution < 1.29 is 4.79 Å². The lowest BCUT2D eigenvalue weighted by atomic mass is 10.3. The third-order valence-electron chi connectivity index (χ3n) is 2.06. The fourth-order valence-corrected chi connectivity index (χ4v) is 2.04. The molecule has 0 aliphatic rings. The standard InChI is InChI=1S/C11H10N2OS/c1-8-4-6-15-11(8)13-10-9(7-14)3-2-5-12-10/h2-7H,1H3,(H,12,13). The summed E-state index contributed by atoms with van der Waals surface area (Å²) in [5.74, 6) is 0.609. The Balaban J connectivity index is 2.32. The number of carbonyl (C=O) groups excluding carboxylic acids is 1. The van der Waals surface area contributed by atoms with E-state index in [4.69, 9.17) is 0 Å².